The highest BCUT2D eigenvalue weighted by atomic mass is 16.2. The maximum atomic E-state index is 10.8. The van der Waals surface area contributed by atoms with E-state index in [1.807, 2.05) is 0 Å². The molecule has 1 heterocycles. The van der Waals surface area contributed by atoms with Gasteiger partial charge in [0.15, 0.2) is 0 Å². The summed E-state index contributed by atoms with van der Waals surface area (Å²) < 4.78 is 0.885. The molecule has 0 aromatic carbocycles. The van der Waals surface area contributed by atoms with E-state index in [9.17, 15) is 9.59 Å². The monoisotopic (exact) mass is 169 g/mol. The minimum absolute atomic E-state index is 0. The molecule has 66 valence electrons. The van der Waals surface area contributed by atoms with Crippen LogP contribution < -0.4 is 11.4 Å². The van der Waals surface area contributed by atoms with E-state index < -0.39 is 5.69 Å². The minimum Gasteiger partial charge on any atom is -0.383 e. The molecule has 0 aliphatic heterocycles. The molecule has 1 aromatic heterocycles. The zero-order valence-electron chi connectivity index (χ0n) is 5.94. The molecule has 5 nitrogen and oxygen atoms in total. The molecule has 0 amide bonds. The molecule has 0 saturated heterocycles. The van der Waals surface area contributed by atoms with Crippen LogP contribution in [0.15, 0.2) is 17.1 Å². The fourth-order valence-electron chi connectivity index (χ4n) is 0.656. The third-order valence-corrected chi connectivity index (χ3v) is 1.16. The Bertz CT molecular complexity index is 343. The molecule has 0 aliphatic rings. The van der Waals surface area contributed by atoms with E-state index in [1.165, 1.54) is 19.2 Å². The van der Waals surface area contributed by atoms with Crippen molar-refractivity contribution in [3.05, 3.63) is 22.7 Å². The van der Waals surface area contributed by atoms with Crippen LogP contribution in [0.4, 0.5) is 5.82 Å². The number of hydrogen-bond acceptors (Lipinski definition) is 4. The number of nitrogen functional groups attached to an aromatic ring is 1. The van der Waals surface area contributed by atoms with Gasteiger partial charge in [-0.05, 0) is 6.07 Å². The molecule has 0 unspecified atom stereocenters. The number of aromatic nitrogens is 2. The van der Waals surface area contributed by atoms with E-state index in [4.69, 9.17) is 5.73 Å². The summed E-state index contributed by atoms with van der Waals surface area (Å²) in [5.74, 6) is -0.255. The number of rotatable bonds is 0. The van der Waals surface area contributed by atoms with Crippen molar-refractivity contribution in [1.29, 1.82) is 0 Å². The molecule has 12 heavy (non-hydrogen) atoms. The van der Waals surface area contributed by atoms with Crippen molar-refractivity contribution in [3.63, 3.8) is 0 Å². The first-order valence-electron chi connectivity index (χ1n) is 2.97. The zero-order valence-corrected chi connectivity index (χ0v) is 5.94. The Morgan fingerprint density at radius 2 is 2.25 bits per heavy atom. The van der Waals surface area contributed by atoms with Gasteiger partial charge in [0, 0.05) is 13.1 Å². The highest BCUT2D eigenvalue weighted by Crippen LogP contribution is 1.88. The van der Waals surface area contributed by atoms with Gasteiger partial charge in [-0.2, -0.15) is 4.98 Å². The summed E-state index contributed by atoms with van der Waals surface area (Å²) in [6.45, 7) is 1.28. The molecule has 0 bridgehead atoms. The van der Waals surface area contributed by atoms with Crippen LogP contribution >= 0.6 is 0 Å². The summed E-state index contributed by atoms with van der Waals surface area (Å²) in [7, 11) is 0. The van der Waals surface area contributed by atoms with Crippen molar-refractivity contribution in [1.82, 2.24) is 9.55 Å². The van der Waals surface area contributed by atoms with Gasteiger partial charge < -0.3 is 5.73 Å². The van der Waals surface area contributed by atoms with Crippen molar-refractivity contribution in [3.8, 4) is 0 Å². The standard InChI is InChI=1S/C6H7N3O2.CH4/c1-4(10)9-3-2-5(7)8-6(9)11;/h2-3H,1H3,(H2,7,8,11);1H4. The molecule has 5 heteroatoms. The second-order valence-corrected chi connectivity index (χ2v) is 2.02. The van der Waals surface area contributed by atoms with Crippen LogP contribution in [0, 0.1) is 0 Å². The maximum Gasteiger partial charge on any atom is 0.356 e. The fraction of sp³-hybridized carbons (Fsp3) is 0.286. The highest BCUT2D eigenvalue weighted by molar-refractivity contribution is 5.75. The molecular weight excluding hydrogens is 158 g/mol. The van der Waals surface area contributed by atoms with Crippen molar-refractivity contribution in [2.45, 2.75) is 14.4 Å². The number of nitrogens with two attached hydrogens (primary N) is 1. The predicted octanol–water partition coefficient (Wildman–Crippen LogP) is 0.122. The lowest BCUT2D eigenvalue weighted by Crippen LogP contribution is -2.26. The summed E-state index contributed by atoms with van der Waals surface area (Å²) >= 11 is 0. The molecule has 2 N–H and O–H groups in total. The van der Waals surface area contributed by atoms with Gasteiger partial charge in [0.1, 0.15) is 5.82 Å². The normalized spacial score (nSPS) is 8.75. The minimum atomic E-state index is -0.641. The Morgan fingerprint density at radius 3 is 2.67 bits per heavy atom. The molecule has 1 rings (SSSR count). The van der Waals surface area contributed by atoms with E-state index in [0.717, 1.165) is 4.57 Å². The topological polar surface area (TPSA) is 78.0 Å². The largest absolute Gasteiger partial charge is 0.383 e. The third-order valence-electron chi connectivity index (χ3n) is 1.16. The quantitative estimate of drug-likeness (QED) is 0.598. The molecule has 0 radical (unpaired) electrons. The molecule has 0 atom stereocenters. The average Bonchev–Trinajstić information content (AvgIpc) is 1.85. The number of anilines is 1. The summed E-state index contributed by atoms with van der Waals surface area (Å²) in [5.41, 5.74) is 4.55. The lowest BCUT2D eigenvalue weighted by Gasteiger charge is -1.96. The first kappa shape index (κ1) is 10.3. The van der Waals surface area contributed by atoms with Crippen LogP contribution in [0.5, 0.6) is 0 Å². The SMILES string of the molecule is C.CC(=O)n1ccc(N)nc1=O. The fourth-order valence-corrected chi connectivity index (χ4v) is 0.656. The summed E-state index contributed by atoms with van der Waals surface area (Å²) in [6, 6.07) is 1.39. The second-order valence-electron chi connectivity index (χ2n) is 2.02. The van der Waals surface area contributed by atoms with E-state index in [1.54, 1.807) is 0 Å². The van der Waals surface area contributed by atoms with Crippen LogP contribution in [0.25, 0.3) is 0 Å². The summed E-state index contributed by atoms with van der Waals surface area (Å²) in [5, 5.41) is 0. The van der Waals surface area contributed by atoms with Crippen LogP contribution in [-0.2, 0) is 0 Å². The van der Waals surface area contributed by atoms with Crippen LogP contribution in [-0.4, -0.2) is 15.5 Å². The summed E-state index contributed by atoms with van der Waals surface area (Å²) in [4.78, 5) is 24.9. The van der Waals surface area contributed by atoms with Crippen molar-refractivity contribution < 1.29 is 4.79 Å². The lowest BCUT2D eigenvalue weighted by molar-refractivity contribution is 0.0931. The van der Waals surface area contributed by atoms with E-state index in [2.05, 4.69) is 4.98 Å². The van der Waals surface area contributed by atoms with Gasteiger partial charge in [-0.1, -0.05) is 7.43 Å². The number of carbonyl (C=O) groups is 1. The number of hydrogen-bond donors (Lipinski definition) is 1. The van der Waals surface area contributed by atoms with E-state index in [0.29, 0.717) is 0 Å². The Balaban J connectivity index is 0.00000121. The van der Waals surface area contributed by atoms with E-state index in [-0.39, 0.29) is 19.2 Å². The predicted molar refractivity (Wildman–Crippen MR) is 45.9 cm³/mol. The van der Waals surface area contributed by atoms with Crippen molar-refractivity contribution in [2.24, 2.45) is 0 Å². The Labute approximate surface area is 69.8 Å². The van der Waals surface area contributed by atoms with Crippen LogP contribution in [0.2, 0.25) is 0 Å². The molecule has 0 aliphatic carbocycles. The summed E-state index contributed by atoms with van der Waals surface area (Å²) in [6.07, 6.45) is 1.30. The zero-order chi connectivity index (χ0) is 8.43. The molecular formula is C7H11N3O2. The van der Waals surface area contributed by atoms with Gasteiger partial charge in [0.25, 0.3) is 0 Å². The number of carbonyl (C=O) groups excluding carboxylic acids is 1. The van der Waals surface area contributed by atoms with Crippen LogP contribution in [0.3, 0.4) is 0 Å². The van der Waals surface area contributed by atoms with Gasteiger partial charge in [0.05, 0.1) is 0 Å². The first-order chi connectivity index (χ1) is 5.11. The molecule has 1 aromatic rings. The van der Waals surface area contributed by atoms with Gasteiger partial charge in [-0.15, -0.1) is 0 Å². The molecule has 0 saturated carbocycles. The number of nitrogens with zero attached hydrogens (tertiary/aromatic N) is 2. The average molecular weight is 169 g/mol. The second kappa shape index (κ2) is 3.66. The van der Waals surface area contributed by atoms with Gasteiger partial charge in [-0.3, -0.25) is 4.79 Å². The van der Waals surface area contributed by atoms with Crippen molar-refractivity contribution in [2.75, 3.05) is 5.73 Å². The molecule has 0 spiro atoms. The van der Waals surface area contributed by atoms with Gasteiger partial charge >= 0.3 is 5.69 Å². The van der Waals surface area contributed by atoms with Crippen molar-refractivity contribution >= 4 is 11.7 Å². The molecule has 0 fully saturated rings. The van der Waals surface area contributed by atoms with Gasteiger partial charge in [-0.25, -0.2) is 9.36 Å². The van der Waals surface area contributed by atoms with Crippen LogP contribution in [0.1, 0.15) is 19.1 Å². The highest BCUT2D eigenvalue weighted by Gasteiger charge is 2.00. The van der Waals surface area contributed by atoms with Gasteiger partial charge in [0.2, 0.25) is 5.91 Å². The Kier molecular flexibility index (Phi) is 3.15. The Hall–Kier alpha value is -1.65. The lowest BCUT2D eigenvalue weighted by atomic mass is 10.5. The first-order valence-corrected chi connectivity index (χ1v) is 2.97. The smallest absolute Gasteiger partial charge is 0.356 e. The van der Waals surface area contributed by atoms with E-state index >= 15 is 0 Å². The Morgan fingerprint density at radius 1 is 1.67 bits per heavy atom. The maximum absolute atomic E-state index is 10.8. The third kappa shape index (κ3) is 1.91.